The van der Waals surface area contributed by atoms with Gasteiger partial charge in [0.2, 0.25) is 0 Å². The predicted molar refractivity (Wildman–Crippen MR) is 104 cm³/mol. The van der Waals surface area contributed by atoms with Gasteiger partial charge in [-0.15, -0.1) is 0 Å². The van der Waals surface area contributed by atoms with Crippen molar-refractivity contribution in [1.29, 1.82) is 0 Å². The first-order valence-corrected chi connectivity index (χ1v) is 8.09. The van der Waals surface area contributed by atoms with Gasteiger partial charge in [0, 0.05) is 53.1 Å². The summed E-state index contributed by atoms with van der Waals surface area (Å²) in [6.07, 6.45) is 5.66. The minimum absolute atomic E-state index is 0.0709. The minimum Gasteiger partial charge on any atom is -0.398 e. The maximum atomic E-state index is 10.8. The van der Waals surface area contributed by atoms with Gasteiger partial charge < -0.3 is 16.0 Å². The van der Waals surface area contributed by atoms with Gasteiger partial charge >= 0.3 is 0 Å². The summed E-state index contributed by atoms with van der Waals surface area (Å²) in [5.74, 6) is 0. The van der Waals surface area contributed by atoms with Crippen LogP contribution < -0.4 is 16.0 Å². The Bertz CT molecular complexity index is 1060. The first kappa shape index (κ1) is 15.7. The SMILES string of the molecule is Nc1ccc(C2=CN(c3ccc([N+](=O)[O-])cc3)C=CN2)c2ccccc12. The van der Waals surface area contributed by atoms with E-state index >= 15 is 0 Å². The topological polar surface area (TPSA) is 84.4 Å². The van der Waals surface area contributed by atoms with Gasteiger partial charge in [0.25, 0.3) is 5.69 Å². The Labute approximate surface area is 150 Å². The summed E-state index contributed by atoms with van der Waals surface area (Å²) >= 11 is 0. The molecule has 0 aliphatic carbocycles. The molecule has 0 radical (unpaired) electrons. The molecule has 4 rings (SSSR count). The van der Waals surface area contributed by atoms with Crippen LogP contribution >= 0.6 is 0 Å². The van der Waals surface area contributed by atoms with E-state index in [1.807, 2.05) is 59.9 Å². The van der Waals surface area contributed by atoms with Gasteiger partial charge in [-0.2, -0.15) is 0 Å². The number of nitro benzene ring substituents is 1. The van der Waals surface area contributed by atoms with Gasteiger partial charge in [-0.25, -0.2) is 0 Å². The number of nitrogen functional groups attached to an aromatic ring is 1. The molecule has 0 spiro atoms. The van der Waals surface area contributed by atoms with Gasteiger partial charge in [0.05, 0.1) is 10.6 Å². The molecule has 0 bridgehead atoms. The summed E-state index contributed by atoms with van der Waals surface area (Å²) in [6.45, 7) is 0. The zero-order valence-electron chi connectivity index (χ0n) is 13.8. The van der Waals surface area contributed by atoms with E-state index in [4.69, 9.17) is 5.73 Å². The number of benzene rings is 3. The molecule has 128 valence electrons. The second-order valence-corrected chi connectivity index (χ2v) is 5.93. The number of non-ortho nitro benzene ring substituents is 1. The van der Waals surface area contributed by atoms with Gasteiger partial charge in [-0.1, -0.05) is 30.3 Å². The van der Waals surface area contributed by atoms with Gasteiger partial charge in [0.15, 0.2) is 0 Å². The Balaban J connectivity index is 1.74. The fraction of sp³-hybridized carbons (Fsp3) is 0. The molecule has 0 atom stereocenters. The summed E-state index contributed by atoms with van der Waals surface area (Å²) < 4.78 is 0. The quantitative estimate of drug-likeness (QED) is 0.422. The van der Waals surface area contributed by atoms with Crippen LogP contribution in [0.4, 0.5) is 17.1 Å². The van der Waals surface area contributed by atoms with Crippen molar-refractivity contribution in [3.8, 4) is 0 Å². The highest BCUT2D eigenvalue weighted by molar-refractivity contribution is 6.00. The molecule has 6 nitrogen and oxygen atoms in total. The van der Waals surface area contributed by atoms with Crippen molar-refractivity contribution in [2.24, 2.45) is 0 Å². The van der Waals surface area contributed by atoms with Crippen molar-refractivity contribution >= 4 is 33.5 Å². The smallest absolute Gasteiger partial charge is 0.269 e. The molecule has 0 unspecified atom stereocenters. The first-order chi connectivity index (χ1) is 12.6. The van der Waals surface area contributed by atoms with Crippen molar-refractivity contribution in [2.45, 2.75) is 0 Å². The van der Waals surface area contributed by atoms with E-state index in [-0.39, 0.29) is 5.69 Å². The third-order valence-electron chi connectivity index (χ3n) is 4.35. The van der Waals surface area contributed by atoms with Crippen molar-refractivity contribution in [3.05, 3.63) is 94.9 Å². The Morgan fingerprint density at radius 2 is 1.69 bits per heavy atom. The van der Waals surface area contributed by atoms with Crippen LogP contribution in [0.15, 0.2) is 79.3 Å². The third-order valence-corrected chi connectivity index (χ3v) is 4.35. The van der Waals surface area contributed by atoms with E-state index in [1.165, 1.54) is 12.1 Å². The molecule has 0 saturated heterocycles. The molecule has 0 aromatic heterocycles. The van der Waals surface area contributed by atoms with Crippen LogP contribution in [0.1, 0.15) is 5.56 Å². The maximum Gasteiger partial charge on any atom is 0.269 e. The second kappa shape index (κ2) is 6.25. The minimum atomic E-state index is -0.404. The van der Waals surface area contributed by atoms with Crippen LogP contribution in [-0.4, -0.2) is 4.92 Å². The summed E-state index contributed by atoms with van der Waals surface area (Å²) in [4.78, 5) is 12.3. The number of anilines is 2. The summed E-state index contributed by atoms with van der Waals surface area (Å²) in [5.41, 5.74) is 9.69. The molecule has 0 saturated carbocycles. The van der Waals surface area contributed by atoms with Crippen molar-refractivity contribution < 1.29 is 4.92 Å². The Morgan fingerprint density at radius 1 is 0.962 bits per heavy atom. The van der Waals surface area contributed by atoms with E-state index < -0.39 is 4.92 Å². The molecular formula is C20H16N4O2. The van der Waals surface area contributed by atoms with Crippen LogP contribution in [-0.2, 0) is 0 Å². The normalized spacial score (nSPS) is 13.4. The molecule has 3 aromatic rings. The van der Waals surface area contributed by atoms with Gasteiger partial charge in [0.1, 0.15) is 0 Å². The summed E-state index contributed by atoms with van der Waals surface area (Å²) in [7, 11) is 0. The Kier molecular flexibility index (Phi) is 3.78. The van der Waals surface area contributed by atoms with Gasteiger partial charge in [-0.3, -0.25) is 10.1 Å². The van der Waals surface area contributed by atoms with E-state index in [9.17, 15) is 10.1 Å². The number of nitrogens with one attached hydrogen (secondary N) is 1. The fourth-order valence-electron chi connectivity index (χ4n) is 3.04. The summed E-state index contributed by atoms with van der Waals surface area (Å²) in [6, 6.07) is 18.3. The average molecular weight is 344 g/mol. The average Bonchev–Trinajstić information content (AvgIpc) is 2.69. The standard InChI is InChI=1S/C20H16N4O2/c21-19-10-9-18(16-3-1-2-4-17(16)19)20-13-23(12-11-22-20)14-5-7-15(8-6-14)24(25)26/h1-13,22H,21H2. The largest absolute Gasteiger partial charge is 0.398 e. The molecule has 1 aliphatic heterocycles. The lowest BCUT2D eigenvalue weighted by Crippen LogP contribution is -2.19. The van der Waals surface area contributed by atoms with Crippen LogP contribution in [0.3, 0.4) is 0 Å². The third kappa shape index (κ3) is 2.73. The maximum absolute atomic E-state index is 10.8. The lowest BCUT2D eigenvalue weighted by atomic mass is 10.0. The zero-order valence-corrected chi connectivity index (χ0v) is 13.8. The molecule has 26 heavy (non-hydrogen) atoms. The van der Waals surface area contributed by atoms with E-state index in [2.05, 4.69) is 5.32 Å². The highest BCUT2D eigenvalue weighted by Gasteiger charge is 2.13. The van der Waals surface area contributed by atoms with Gasteiger partial charge in [-0.05, 0) is 23.6 Å². The zero-order chi connectivity index (χ0) is 18.1. The highest BCUT2D eigenvalue weighted by atomic mass is 16.6. The number of nitro groups is 1. The van der Waals surface area contributed by atoms with E-state index in [0.29, 0.717) is 0 Å². The lowest BCUT2D eigenvalue weighted by molar-refractivity contribution is -0.384. The molecule has 3 aromatic carbocycles. The molecule has 0 amide bonds. The van der Waals surface area contributed by atoms with Crippen molar-refractivity contribution in [2.75, 3.05) is 10.6 Å². The number of nitrogens with two attached hydrogens (primary N) is 1. The Morgan fingerprint density at radius 3 is 2.42 bits per heavy atom. The highest BCUT2D eigenvalue weighted by Crippen LogP contribution is 2.30. The van der Waals surface area contributed by atoms with Crippen LogP contribution in [0.5, 0.6) is 0 Å². The van der Waals surface area contributed by atoms with Crippen molar-refractivity contribution in [3.63, 3.8) is 0 Å². The number of fused-ring (bicyclic) bond motifs is 1. The first-order valence-electron chi connectivity index (χ1n) is 8.09. The fourth-order valence-corrected chi connectivity index (χ4v) is 3.04. The molecule has 0 fully saturated rings. The van der Waals surface area contributed by atoms with Crippen molar-refractivity contribution in [1.82, 2.24) is 5.32 Å². The summed E-state index contributed by atoms with van der Waals surface area (Å²) in [5, 5.41) is 16.2. The molecule has 3 N–H and O–H groups in total. The van der Waals surface area contributed by atoms with Crippen LogP contribution in [0, 0.1) is 10.1 Å². The van der Waals surface area contributed by atoms with Crippen LogP contribution in [0.2, 0.25) is 0 Å². The molecule has 1 aliphatic rings. The Hall–Kier alpha value is -3.80. The number of nitrogens with zero attached hydrogens (tertiary/aromatic N) is 2. The second-order valence-electron chi connectivity index (χ2n) is 5.93. The van der Waals surface area contributed by atoms with E-state index in [0.717, 1.165) is 33.4 Å². The molecule has 6 heteroatoms. The van der Waals surface area contributed by atoms with E-state index in [1.54, 1.807) is 12.1 Å². The molecule has 1 heterocycles. The number of rotatable bonds is 3. The monoisotopic (exact) mass is 344 g/mol. The lowest BCUT2D eigenvalue weighted by Gasteiger charge is -2.23. The molecular weight excluding hydrogens is 328 g/mol. The van der Waals surface area contributed by atoms with Crippen LogP contribution in [0.25, 0.3) is 16.5 Å². The predicted octanol–water partition coefficient (Wildman–Crippen LogP) is 4.21. The number of hydrogen-bond donors (Lipinski definition) is 2. The number of hydrogen-bond acceptors (Lipinski definition) is 5.